The molecule has 0 unspecified atom stereocenters. The van der Waals surface area contributed by atoms with Gasteiger partial charge in [-0.25, -0.2) is 19.2 Å². The van der Waals surface area contributed by atoms with Gasteiger partial charge in [0.15, 0.2) is 0 Å². The van der Waals surface area contributed by atoms with Crippen molar-refractivity contribution in [3.63, 3.8) is 0 Å². The fourth-order valence-electron chi connectivity index (χ4n) is 10.2. The van der Waals surface area contributed by atoms with Crippen molar-refractivity contribution in [3.8, 4) is 0 Å². The van der Waals surface area contributed by atoms with Crippen LogP contribution in [0.15, 0.2) is 0 Å². The van der Waals surface area contributed by atoms with Crippen LogP contribution < -0.4 is 16.0 Å². The van der Waals surface area contributed by atoms with Crippen LogP contribution in [-0.4, -0.2) is 109 Å². The number of hydrogen-bond donors (Lipinski definition) is 4. The molecule has 2 heterocycles. The zero-order valence-electron chi connectivity index (χ0n) is 38.1. The number of methoxy groups -OCH3 is 2. The number of alkyl carbamates (subject to hydrolysis) is 2. The Morgan fingerprint density at radius 1 is 0.667 bits per heavy atom. The number of ether oxygens (including phenoxy) is 4. The molecule has 0 aromatic heterocycles. The molecule has 0 bridgehead atoms. The number of carbonyl (C=O) groups is 6. The fraction of sp³-hybridized carbons (Fsp3) is 0.864. The van der Waals surface area contributed by atoms with E-state index < -0.39 is 47.5 Å². The molecule has 16 heteroatoms. The van der Waals surface area contributed by atoms with Gasteiger partial charge in [-0.3, -0.25) is 9.59 Å². The van der Waals surface area contributed by atoms with E-state index in [0.29, 0.717) is 29.7 Å². The number of carboxylic acids is 1. The topological polar surface area (TPSA) is 199 Å². The minimum absolute atomic E-state index is 0. The van der Waals surface area contributed by atoms with Crippen molar-refractivity contribution in [3.05, 3.63) is 0 Å². The van der Waals surface area contributed by atoms with Gasteiger partial charge in [-0.1, -0.05) is 66.2 Å². The van der Waals surface area contributed by atoms with Crippen LogP contribution in [0.2, 0.25) is 0 Å². The summed E-state index contributed by atoms with van der Waals surface area (Å²) in [6, 6.07) is -2.12. The minimum Gasteiger partial charge on any atom is -0.480 e. The van der Waals surface area contributed by atoms with Gasteiger partial charge >= 0.3 is 30.1 Å². The van der Waals surface area contributed by atoms with E-state index in [1.54, 1.807) is 46.4 Å². The number of carboxylic acid groups (broad SMARTS) is 1. The SMILES string of the molecule is CC(C)(C)OC(=O)N[C@H](C(=O)O)C1CCCCC1.COC(=O)[C@@H]1[C@@H]2[C@H](CN1C(=O)[C@@H](NC(=O)OC(C)(C)C)C1CCCCC1)C2(C)C.COC(=O)[C@H]1NC[C@H]2[C@@H]1C2(C)C.Cl. The summed E-state index contributed by atoms with van der Waals surface area (Å²) in [4.78, 5) is 74.4. The maximum atomic E-state index is 13.6. The number of hydrogen-bond acceptors (Lipinski definition) is 11. The third kappa shape index (κ3) is 12.6. The number of nitrogens with one attached hydrogen (secondary N) is 3. The number of rotatable bonds is 8. The van der Waals surface area contributed by atoms with Crippen LogP contribution in [0, 0.1) is 46.3 Å². The van der Waals surface area contributed by atoms with Gasteiger partial charge in [0.2, 0.25) is 5.91 Å². The molecule has 60 heavy (non-hydrogen) atoms. The molecule has 0 aromatic carbocycles. The monoisotopic (exact) mass is 871 g/mol. The molecule has 6 fully saturated rings. The summed E-state index contributed by atoms with van der Waals surface area (Å²) in [5.41, 5.74) is -0.865. The summed E-state index contributed by atoms with van der Waals surface area (Å²) in [6.45, 7) is 20.9. The smallest absolute Gasteiger partial charge is 0.408 e. The molecule has 0 spiro atoms. The van der Waals surface area contributed by atoms with Crippen molar-refractivity contribution >= 4 is 48.4 Å². The highest BCUT2D eigenvalue weighted by atomic mass is 35.5. The highest BCUT2D eigenvalue weighted by Crippen LogP contribution is 2.65. The second-order valence-corrected chi connectivity index (χ2v) is 20.7. The lowest BCUT2D eigenvalue weighted by Gasteiger charge is -2.36. The van der Waals surface area contributed by atoms with E-state index in [-0.39, 0.29) is 59.5 Å². The molecule has 15 nitrogen and oxygen atoms in total. The number of carbonyl (C=O) groups excluding carboxylic acids is 5. The van der Waals surface area contributed by atoms with Gasteiger partial charge in [-0.2, -0.15) is 0 Å². The van der Waals surface area contributed by atoms with Crippen molar-refractivity contribution in [2.45, 2.75) is 169 Å². The molecular weight excluding hydrogens is 796 g/mol. The lowest BCUT2D eigenvalue weighted by molar-refractivity contribution is -0.154. The van der Waals surface area contributed by atoms with E-state index in [0.717, 1.165) is 70.8 Å². The summed E-state index contributed by atoms with van der Waals surface area (Å²) in [5, 5.41) is 17.7. The Bertz CT molecular complexity index is 1530. The quantitative estimate of drug-likeness (QED) is 0.153. The predicted molar refractivity (Wildman–Crippen MR) is 227 cm³/mol. The van der Waals surface area contributed by atoms with Gasteiger partial charge in [-0.05, 0) is 114 Å². The highest BCUT2D eigenvalue weighted by molar-refractivity contribution is 5.91. The fourth-order valence-corrected chi connectivity index (χ4v) is 10.2. The van der Waals surface area contributed by atoms with Gasteiger partial charge in [0, 0.05) is 12.5 Å². The first-order valence-corrected chi connectivity index (χ1v) is 21.8. The van der Waals surface area contributed by atoms with Gasteiger partial charge < -0.3 is 44.9 Å². The molecule has 4 saturated carbocycles. The van der Waals surface area contributed by atoms with E-state index in [4.69, 9.17) is 18.9 Å². The van der Waals surface area contributed by atoms with Crippen LogP contribution in [0.1, 0.15) is 133 Å². The summed E-state index contributed by atoms with van der Waals surface area (Å²) >= 11 is 0. The largest absolute Gasteiger partial charge is 0.480 e. The molecule has 4 N–H and O–H groups in total. The number of amides is 3. The molecule has 8 atom stereocenters. The minimum atomic E-state index is -0.979. The zero-order valence-corrected chi connectivity index (χ0v) is 39.0. The molecule has 2 aliphatic heterocycles. The normalized spacial score (nSPS) is 28.4. The first-order chi connectivity index (χ1) is 27.3. The Kier molecular flexibility index (Phi) is 17.2. The average molecular weight is 872 g/mol. The van der Waals surface area contributed by atoms with Gasteiger partial charge in [-0.15, -0.1) is 12.4 Å². The van der Waals surface area contributed by atoms with Crippen molar-refractivity contribution in [2.75, 3.05) is 27.3 Å². The summed E-state index contributed by atoms with van der Waals surface area (Å²) in [6.07, 6.45) is 8.70. The van der Waals surface area contributed by atoms with Crippen molar-refractivity contribution in [1.29, 1.82) is 0 Å². The maximum absolute atomic E-state index is 13.6. The number of esters is 2. The summed E-state index contributed by atoms with van der Waals surface area (Å²) < 4.78 is 20.3. The average Bonchev–Trinajstić information content (AvgIpc) is 3.61. The predicted octanol–water partition coefficient (Wildman–Crippen LogP) is 6.49. The Morgan fingerprint density at radius 2 is 1.10 bits per heavy atom. The molecule has 0 aromatic rings. The zero-order chi connectivity index (χ0) is 44.2. The number of likely N-dealkylation sites (tertiary alicyclic amines) is 1. The number of aliphatic carboxylic acids is 1. The molecule has 0 radical (unpaired) electrons. The molecule has 2 saturated heterocycles. The molecular formula is C44H75ClN4O11. The van der Waals surface area contributed by atoms with E-state index in [2.05, 4.69) is 43.6 Å². The molecule has 4 aliphatic carbocycles. The Morgan fingerprint density at radius 3 is 1.50 bits per heavy atom. The lowest BCUT2D eigenvalue weighted by atomic mass is 9.83. The van der Waals surface area contributed by atoms with Crippen LogP contribution in [0.25, 0.3) is 0 Å². The number of halogens is 1. The van der Waals surface area contributed by atoms with Crippen LogP contribution >= 0.6 is 12.4 Å². The summed E-state index contributed by atoms with van der Waals surface area (Å²) in [5.74, 6) is 0.0527. The van der Waals surface area contributed by atoms with Crippen molar-refractivity contribution in [1.82, 2.24) is 20.9 Å². The summed E-state index contributed by atoms with van der Waals surface area (Å²) in [7, 11) is 2.82. The lowest BCUT2D eigenvalue weighted by Crippen LogP contribution is -2.57. The second-order valence-electron chi connectivity index (χ2n) is 20.7. The Labute approximate surface area is 363 Å². The van der Waals surface area contributed by atoms with Gasteiger partial charge in [0.1, 0.15) is 35.4 Å². The standard InChI is InChI=1S/C22H36N2O5.C13H23NO4.C9H15NO2.ClH/c1-21(2,3)29-20(27)23-16(13-10-8-7-9-11-13)18(25)24-12-14-15(22(14,4)5)17(24)19(26)28-6;1-13(2,3)18-12(17)14-10(11(15)16)9-7-5-4-6-8-9;1-9(2)5-4-10-7(6(5)9)8(11)12-3;/h13-17H,7-12H2,1-6H3,(H,23,27);9-10H,4-8H2,1-3H3,(H,14,17)(H,15,16);5-7,10H,4H2,1-3H3;1H/t14-,15-,16-,17-;10-;5-,6-,7-;/m000./s1. The van der Waals surface area contributed by atoms with Crippen molar-refractivity contribution < 1.29 is 52.8 Å². The first kappa shape index (κ1) is 51.0. The molecule has 6 rings (SSSR count). The van der Waals surface area contributed by atoms with Crippen LogP contribution in [0.4, 0.5) is 9.59 Å². The first-order valence-electron chi connectivity index (χ1n) is 21.8. The van der Waals surface area contributed by atoms with Crippen LogP contribution in [0.5, 0.6) is 0 Å². The maximum Gasteiger partial charge on any atom is 0.408 e. The van der Waals surface area contributed by atoms with Gasteiger partial charge in [0.05, 0.1) is 14.2 Å². The van der Waals surface area contributed by atoms with E-state index in [1.807, 2.05) is 0 Å². The highest BCUT2D eigenvalue weighted by Gasteiger charge is 2.70. The number of fused-ring (bicyclic) bond motifs is 2. The van der Waals surface area contributed by atoms with Crippen LogP contribution in [0.3, 0.4) is 0 Å². The van der Waals surface area contributed by atoms with E-state index in [1.165, 1.54) is 14.2 Å². The molecule has 3 amide bonds. The Balaban J connectivity index is 0.000000263. The van der Waals surface area contributed by atoms with Crippen LogP contribution in [-0.2, 0) is 38.1 Å². The van der Waals surface area contributed by atoms with E-state index in [9.17, 15) is 33.9 Å². The van der Waals surface area contributed by atoms with E-state index >= 15 is 0 Å². The third-order valence-electron chi connectivity index (χ3n) is 13.6. The number of piperidine rings is 2. The second kappa shape index (κ2) is 20.2. The third-order valence-corrected chi connectivity index (χ3v) is 13.6. The Hall–Kier alpha value is -3.33. The van der Waals surface area contributed by atoms with Gasteiger partial charge in [0.25, 0.3) is 0 Å². The number of nitrogens with zero attached hydrogens (tertiary/aromatic N) is 1. The molecule has 6 aliphatic rings. The van der Waals surface area contributed by atoms with Crippen molar-refractivity contribution in [2.24, 2.45) is 46.3 Å². The molecule has 344 valence electrons.